The Hall–Kier alpha value is -3.98. The Kier molecular flexibility index (Phi) is 8.12. The smallest absolute Gasteiger partial charge is 0.416 e. The van der Waals surface area contributed by atoms with Gasteiger partial charge in [-0.3, -0.25) is 5.32 Å². The second kappa shape index (κ2) is 10.8. The first-order chi connectivity index (χ1) is 17.7. The first kappa shape index (κ1) is 28.6. The van der Waals surface area contributed by atoms with Gasteiger partial charge in [-0.2, -0.15) is 18.4 Å². The van der Waals surface area contributed by atoms with Crippen molar-refractivity contribution >= 4 is 21.6 Å². The number of ether oxygens (including phenoxy) is 1. The van der Waals surface area contributed by atoms with Crippen molar-refractivity contribution in [3.8, 4) is 6.07 Å². The zero-order valence-corrected chi connectivity index (χ0v) is 20.8. The van der Waals surface area contributed by atoms with E-state index in [-0.39, 0.29) is 5.69 Å². The van der Waals surface area contributed by atoms with Crippen LogP contribution in [-0.4, -0.2) is 21.1 Å². The zero-order valence-electron chi connectivity index (χ0n) is 20.0. The highest BCUT2D eigenvalue weighted by atomic mass is 32.2. The number of carbonyl (C=O) groups excluding carboxylic acids is 1. The van der Waals surface area contributed by atoms with Gasteiger partial charge in [-0.05, 0) is 73.7 Å². The number of hydrogen-bond acceptors (Lipinski definition) is 5. The molecule has 0 aliphatic rings. The van der Waals surface area contributed by atoms with Crippen LogP contribution in [0, 0.1) is 28.9 Å². The summed E-state index contributed by atoms with van der Waals surface area (Å²) >= 11 is 0. The number of carbonyl (C=O) groups is 1. The predicted octanol–water partition coefficient (Wildman–Crippen LogP) is 6.43. The van der Waals surface area contributed by atoms with Crippen LogP contribution in [0.5, 0.6) is 0 Å². The summed E-state index contributed by atoms with van der Waals surface area (Å²) in [7, 11) is -4.69. The quantitative estimate of drug-likeness (QED) is 0.341. The zero-order chi connectivity index (χ0) is 28.3. The number of hydrogen-bond donors (Lipinski definition) is 1. The molecule has 0 saturated carbocycles. The van der Waals surface area contributed by atoms with Gasteiger partial charge < -0.3 is 4.74 Å². The van der Waals surface area contributed by atoms with Gasteiger partial charge in [0.05, 0.1) is 28.7 Å². The van der Waals surface area contributed by atoms with E-state index in [0.717, 1.165) is 31.2 Å². The molecule has 0 aromatic heterocycles. The average Bonchev–Trinajstić information content (AvgIpc) is 2.88. The number of anilines is 1. The molecular weight excluding hydrogens is 531 g/mol. The Morgan fingerprint density at radius 2 is 1.63 bits per heavy atom. The normalized spacial score (nSPS) is 14.2. The van der Waals surface area contributed by atoms with Crippen molar-refractivity contribution in [1.82, 2.24) is 0 Å². The molecule has 0 aliphatic carbocycles. The first-order valence-electron chi connectivity index (χ1n) is 11.0. The maximum absolute atomic E-state index is 14.9. The van der Waals surface area contributed by atoms with Crippen LogP contribution in [0.25, 0.3) is 0 Å². The summed E-state index contributed by atoms with van der Waals surface area (Å²) < 4.78 is 98.5. The van der Waals surface area contributed by atoms with E-state index in [4.69, 9.17) is 10.00 Å². The standard InChI is InChI=1S/C26H21F5N2O4S/c1-16(15-37-24(34)33-20-8-3-17(14-32)4-9-20)25(2,22-13-19(27)7-12-23(22)28)38(35,36)21-10-5-18(6-11-21)26(29,30)31/h3-13,16H,15H2,1-2H3,(H,33,34). The summed E-state index contributed by atoms with van der Waals surface area (Å²) in [6, 6.07) is 12.5. The highest BCUT2D eigenvalue weighted by Crippen LogP contribution is 2.43. The Morgan fingerprint density at radius 1 is 1.03 bits per heavy atom. The molecule has 0 saturated heterocycles. The van der Waals surface area contributed by atoms with Gasteiger partial charge in [0, 0.05) is 17.2 Å². The molecule has 6 nitrogen and oxygen atoms in total. The number of nitriles is 1. The number of halogens is 5. The molecule has 0 spiro atoms. The first-order valence-corrected chi connectivity index (χ1v) is 12.5. The lowest BCUT2D eigenvalue weighted by atomic mass is 9.87. The minimum absolute atomic E-state index is 0.276. The second-order valence-electron chi connectivity index (χ2n) is 8.57. The Bertz CT molecular complexity index is 1470. The van der Waals surface area contributed by atoms with Crippen molar-refractivity contribution in [1.29, 1.82) is 5.26 Å². The summed E-state index contributed by atoms with van der Waals surface area (Å²) in [5, 5.41) is 11.2. The van der Waals surface area contributed by atoms with Crippen LogP contribution in [0.4, 0.5) is 32.4 Å². The van der Waals surface area contributed by atoms with Gasteiger partial charge in [0.15, 0.2) is 9.84 Å². The topological polar surface area (TPSA) is 96.3 Å². The van der Waals surface area contributed by atoms with E-state index in [2.05, 4.69) is 5.32 Å². The van der Waals surface area contributed by atoms with Crippen LogP contribution < -0.4 is 5.32 Å². The van der Waals surface area contributed by atoms with E-state index in [0.29, 0.717) is 23.8 Å². The van der Waals surface area contributed by atoms with Crippen LogP contribution in [0.15, 0.2) is 71.6 Å². The molecule has 0 bridgehead atoms. The summed E-state index contributed by atoms with van der Waals surface area (Å²) in [5.41, 5.74) is -1.05. The molecule has 1 amide bonds. The Balaban J connectivity index is 1.95. The average molecular weight is 553 g/mol. The largest absolute Gasteiger partial charge is 0.449 e. The number of nitrogens with zero attached hydrogens (tertiary/aromatic N) is 1. The number of rotatable bonds is 7. The van der Waals surface area contributed by atoms with E-state index in [1.807, 2.05) is 6.07 Å². The molecule has 12 heteroatoms. The van der Waals surface area contributed by atoms with Gasteiger partial charge in [-0.15, -0.1) is 0 Å². The third-order valence-corrected chi connectivity index (χ3v) is 8.81. The summed E-state index contributed by atoms with van der Waals surface area (Å²) in [6.45, 7) is 1.82. The molecule has 0 radical (unpaired) electrons. The molecule has 3 rings (SSSR count). The van der Waals surface area contributed by atoms with Crippen LogP contribution in [-0.2, 0) is 25.5 Å². The van der Waals surface area contributed by atoms with Gasteiger partial charge in [0.2, 0.25) is 0 Å². The maximum Gasteiger partial charge on any atom is 0.416 e. The maximum atomic E-state index is 14.9. The van der Waals surface area contributed by atoms with E-state index in [1.54, 1.807) is 0 Å². The molecule has 3 aromatic rings. The lowest BCUT2D eigenvalue weighted by molar-refractivity contribution is -0.137. The molecule has 0 aliphatic heterocycles. The summed E-state index contributed by atoms with van der Waals surface area (Å²) in [6.07, 6.45) is -5.71. The lowest BCUT2D eigenvalue weighted by Crippen LogP contribution is -2.42. The Morgan fingerprint density at radius 3 is 2.18 bits per heavy atom. The minimum Gasteiger partial charge on any atom is -0.449 e. The van der Waals surface area contributed by atoms with Crippen molar-refractivity contribution in [2.45, 2.75) is 29.7 Å². The van der Waals surface area contributed by atoms with Gasteiger partial charge >= 0.3 is 12.3 Å². The summed E-state index contributed by atoms with van der Waals surface area (Å²) in [4.78, 5) is 11.8. The lowest BCUT2D eigenvalue weighted by Gasteiger charge is -2.35. The second-order valence-corrected chi connectivity index (χ2v) is 10.9. The fraction of sp³-hybridized carbons (Fsp3) is 0.231. The third-order valence-electron chi connectivity index (χ3n) is 6.18. The van der Waals surface area contributed by atoms with Crippen LogP contribution in [0.2, 0.25) is 0 Å². The van der Waals surface area contributed by atoms with Gasteiger partial charge in [0.25, 0.3) is 0 Å². The highest BCUT2D eigenvalue weighted by Gasteiger charge is 2.49. The van der Waals surface area contributed by atoms with Crippen molar-refractivity contribution in [2.24, 2.45) is 5.92 Å². The molecule has 2 atom stereocenters. The van der Waals surface area contributed by atoms with Gasteiger partial charge in [-0.1, -0.05) is 6.92 Å². The minimum atomic E-state index is -4.72. The fourth-order valence-corrected chi connectivity index (χ4v) is 5.79. The predicted molar refractivity (Wildman–Crippen MR) is 128 cm³/mol. The van der Waals surface area contributed by atoms with Gasteiger partial charge in [-0.25, -0.2) is 22.0 Å². The number of alkyl halides is 3. The SMILES string of the molecule is CC(COC(=O)Nc1ccc(C#N)cc1)C(C)(c1cc(F)ccc1F)S(=O)(=O)c1ccc(C(F)(F)F)cc1. The highest BCUT2D eigenvalue weighted by molar-refractivity contribution is 7.92. The Labute approximate surface area is 215 Å². The fourth-order valence-electron chi connectivity index (χ4n) is 3.76. The van der Waals surface area contributed by atoms with Crippen molar-refractivity contribution in [2.75, 3.05) is 11.9 Å². The molecule has 2 unspecified atom stereocenters. The van der Waals surface area contributed by atoms with Crippen LogP contribution in [0.1, 0.15) is 30.5 Å². The van der Waals surface area contributed by atoms with E-state index >= 15 is 0 Å². The number of amides is 1. The van der Waals surface area contributed by atoms with Gasteiger partial charge in [0.1, 0.15) is 16.4 Å². The molecular formula is C26H21F5N2O4S. The summed E-state index contributed by atoms with van der Waals surface area (Å²) in [5.74, 6) is -3.22. The molecule has 38 heavy (non-hydrogen) atoms. The molecule has 0 fully saturated rings. The van der Waals surface area contributed by atoms with E-state index in [1.165, 1.54) is 31.2 Å². The van der Waals surface area contributed by atoms with Crippen LogP contribution >= 0.6 is 0 Å². The molecule has 200 valence electrons. The van der Waals surface area contributed by atoms with Crippen LogP contribution in [0.3, 0.4) is 0 Å². The number of benzene rings is 3. The van der Waals surface area contributed by atoms with Crippen molar-refractivity contribution in [3.05, 3.63) is 95.1 Å². The monoisotopic (exact) mass is 552 g/mol. The molecule has 1 N–H and O–H groups in total. The van der Waals surface area contributed by atoms with Crippen molar-refractivity contribution in [3.63, 3.8) is 0 Å². The van der Waals surface area contributed by atoms with E-state index < -0.39 is 67.0 Å². The molecule has 3 aromatic carbocycles. The van der Waals surface area contributed by atoms with E-state index in [9.17, 15) is 35.2 Å². The number of sulfone groups is 1. The third kappa shape index (κ3) is 5.78. The number of nitrogens with one attached hydrogen (secondary N) is 1. The van der Waals surface area contributed by atoms with Crippen molar-refractivity contribution < 1.29 is 39.9 Å². The molecule has 0 heterocycles.